The van der Waals surface area contributed by atoms with Crippen LogP contribution < -0.4 is 119 Å². The van der Waals surface area contributed by atoms with Crippen LogP contribution in [0.15, 0.2) is 109 Å². The van der Waals surface area contributed by atoms with Gasteiger partial charge in [-0.05, 0) is 106 Å². The van der Waals surface area contributed by atoms with E-state index in [-0.39, 0.29) is 6.79 Å². The average Bonchev–Trinajstić information content (AvgIpc) is 1.71. The van der Waals surface area contributed by atoms with Gasteiger partial charge in [0.05, 0.1) is 0 Å². The number of H-pyrrole nitrogens is 4. The summed E-state index contributed by atoms with van der Waals surface area (Å²) in [5.74, 6) is 17.3. The summed E-state index contributed by atoms with van der Waals surface area (Å²) in [7, 11) is 24.6. The lowest BCUT2D eigenvalue weighted by Gasteiger charge is -2.17. The van der Waals surface area contributed by atoms with Gasteiger partial charge in [0.1, 0.15) is 0 Å². The van der Waals surface area contributed by atoms with Gasteiger partial charge in [0.2, 0.25) is 112 Å². The van der Waals surface area contributed by atoms with Crippen molar-refractivity contribution >= 4 is 71.4 Å². The highest BCUT2D eigenvalue weighted by Gasteiger charge is 2.22. The van der Waals surface area contributed by atoms with Crippen LogP contribution in [0.2, 0.25) is 0 Å². The van der Waals surface area contributed by atoms with E-state index in [0.29, 0.717) is 121 Å². The minimum Gasteiger partial charge on any atom is -0.454 e. The number of nitrogen functional groups attached to an aromatic ring is 1. The Morgan fingerprint density at radius 3 is 1.10 bits per heavy atom. The van der Waals surface area contributed by atoms with Gasteiger partial charge in [0.25, 0.3) is 0 Å². The Morgan fingerprint density at radius 2 is 0.713 bits per heavy atom. The van der Waals surface area contributed by atoms with Gasteiger partial charge in [-0.2, -0.15) is 19.9 Å². The van der Waals surface area contributed by atoms with E-state index in [4.69, 9.17) is 62.6 Å². The van der Waals surface area contributed by atoms with E-state index in [0.717, 1.165) is 126 Å². The molecule has 115 heavy (non-hydrogen) atoms. The molecule has 0 unspecified atom stereocenters. The molecule has 12 heterocycles. The molecule has 6 aliphatic rings. The Morgan fingerprint density at radius 1 is 0.348 bits per heavy atom. The van der Waals surface area contributed by atoms with Crippen molar-refractivity contribution in [3.63, 3.8) is 0 Å². The maximum atomic E-state index is 5.67. The summed E-state index contributed by atoms with van der Waals surface area (Å²) < 4.78 is 67.5. The van der Waals surface area contributed by atoms with Crippen molar-refractivity contribution in [1.82, 2.24) is 90.3 Å². The highest BCUT2D eigenvalue weighted by atomic mass is 16.7. The van der Waals surface area contributed by atoms with Crippen molar-refractivity contribution < 1.29 is 56.8 Å². The summed E-state index contributed by atoms with van der Waals surface area (Å²) in [6.45, 7) is 5.75. The van der Waals surface area contributed by atoms with Crippen LogP contribution in [0, 0.1) is 0 Å². The molecular formula is C73H92N30O12. The van der Waals surface area contributed by atoms with Crippen molar-refractivity contribution in [2.45, 2.75) is 39.3 Å². The largest absolute Gasteiger partial charge is 0.454 e. The Bertz CT molecular complexity index is 5200. The normalized spacial score (nSPS) is 12.6. The van der Waals surface area contributed by atoms with Gasteiger partial charge in [-0.3, -0.25) is 9.13 Å². The second-order valence-electron chi connectivity index (χ2n) is 26.7. The smallest absolute Gasteiger partial charge is 0.246 e. The quantitative estimate of drug-likeness (QED) is 0.0313. The Hall–Kier alpha value is -14.6. The highest BCUT2D eigenvalue weighted by molar-refractivity contribution is 5.52. The van der Waals surface area contributed by atoms with Crippen LogP contribution in [0.3, 0.4) is 0 Å². The lowest BCUT2D eigenvalue weighted by Crippen LogP contribution is -2.20. The molecule has 0 atom stereocenters. The predicted molar refractivity (Wildman–Crippen MR) is 428 cm³/mol. The van der Waals surface area contributed by atoms with Crippen LogP contribution in [0.5, 0.6) is 69.0 Å². The highest BCUT2D eigenvalue weighted by Crippen LogP contribution is 2.38. The lowest BCUT2D eigenvalue weighted by atomic mass is 10.2. The molecule has 0 saturated carbocycles. The molecule has 18 rings (SSSR count). The standard InChI is InChI=1S/2C13H17N5O2.3C12H15N5O2.C11H13N5O2/c1-17(2)12-14-13(16-15-12)18(3)7-9-4-5-10-11(6-9)20-8-19-10;1-17(2)13-16-15-12(18(13)3)14-7-9-4-5-10-11(6-9)20-8-19-10;1-16(12-15-14-11(13)17(12)2)6-8-3-4-9-10(5-8)19-7-18-9;1-17(2)12-14-11(15-16-12)13-6-8-3-4-9-10(5-8)19-7-18-9;1-13-11-14-12(16-15-11)17(2)6-8-3-4-9-10(5-8)19-7-18-9;1-12-10-14-11(16-15-10)13-5-7-2-3-8-9(4-7)18-6-17-8/h4-6H,7-8H2,1-3H3,(H,14,15,16);4-6H,7-8H2,1-3H3,(H,14,15);3-5H,6-7H2,1-2H3,(H2,13,14);2*3-5H,6-7H2,1-2H3,(H2,13,14,15,16);2-4H,5-6H2,1H3,(H3,12,13,14,15,16). The van der Waals surface area contributed by atoms with Gasteiger partial charge in [0, 0.05) is 131 Å². The van der Waals surface area contributed by atoms with Crippen LogP contribution >= 0.6 is 0 Å². The van der Waals surface area contributed by atoms with Gasteiger partial charge in [-0.15, -0.1) is 40.8 Å². The van der Waals surface area contributed by atoms with Crippen LogP contribution in [-0.2, 0) is 53.4 Å². The lowest BCUT2D eigenvalue weighted by molar-refractivity contribution is 0.173. The van der Waals surface area contributed by atoms with Crippen molar-refractivity contribution in [1.29, 1.82) is 0 Å². The fourth-order valence-corrected chi connectivity index (χ4v) is 11.5. The van der Waals surface area contributed by atoms with Gasteiger partial charge in [-0.1, -0.05) is 36.4 Å². The molecule has 0 amide bonds. The third kappa shape index (κ3) is 20.1. The topological polar surface area (TPSA) is 444 Å². The zero-order valence-corrected chi connectivity index (χ0v) is 65.8. The van der Waals surface area contributed by atoms with Crippen molar-refractivity contribution in [2.75, 3.05) is 180 Å². The number of anilines is 12. The molecule has 0 fully saturated rings. The molecule has 42 nitrogen and oxygen atoms in total. The monoisotopic (exact) mass is 1580 g/mol. The second-order valence-corrected chi connectivity index (χ2v) is 26.7. The fraction of sp³-hybridized carbons (Fsp3) is 0.342. The molecule has 6 aromatic heterocycles. The maximum Gasteiger partial charge on any atom is 0.246 e. The number of nitrogens with one attached hydrogen (secondary N) is 9. The van der Waals surface area contributed by atoms with Crippen molar-refractivity contribution in [2.24, 2.45) is 14.1 Å². The molecule has 6 aromatic carbocycles. The van der Waals surface area contributed by atoms with Crippen LogP contribution in [0.25, 0.3) is 0 Å². The fourth-order valence-electron chi connectivity index (χ4n) is 11.5. The van der Waals surface area contributed by atoms with Gasteiger partial charge < -0.3 is 119 Å². The van der Waals surface area contributed by atoms with Gasteiger partial charge in [0.15, 0.2) is 69.0 Å². The summed E-state index contributed by atoms with van der Waals surface area (Å²) in [5.41, 5.74) is 12.3. The van der Waals surface area contributed by atoms with E-state index in [9.17, 15) is 0 Å². The molecule has 606 valence electrons. The van der Waals surface area contributed by atoms with Gasteiger partial charge >= 0.3 is 0 Å². The number of benzene rings is 6. The number of rotatable bonds is 23. The van der Waals surface area contributed by atoms with Crippen LogP contribution in [0.1, 0.15) is 33.4 Å². The number of fused-ring (bicyclic) bond motifs is 6. The summed E-state index contributed by atoms with van der Waals surface area (Å²) in [6.07, 6.45) is 0. The van der Waals surface area contributed by atoms with Crippen LogP contribution in [-0.4, -0.2) is 209 Å². The zero-order valence-electron chi connectivity index (χ0n) is 65.8. The Labute approximate surface area is 660 Å². The molecule has 0 bridgehead atoms. The third-order valence-electron chi connectivity index (χ3n) is 17.6. The number of hydrogen-bond acceptors (Lipinski definition) is 36. The predicted octanol–water partition coefficient (Wildman–Crippen LogP) is 6.83. The Balaban J connectivity index is 0.000000120. The van der Waals surface area contributed by atoms with Crippen LogP contribution in [0.4, 0.5) is 71.4 Å². The van der Waals surface area contributed by atoms with E-state index in [2.05, 4.69) is 108 Å². The maximum absolute atomic E-state index is 5.67. The minimum atomic E-state index is 0.286. The molecule has 42 heteroatoms. The molecule has 0 aliphatic carbocycles. The third-order valence-corrected chi connectivity index (χ3v) is 17.6. The van der Waals surface area contributed by atoms with E-state index in [1.165, 1.54) is 0 Å². The molecule has 11 N–H and O–H groups in total. The molecule has 12 aromatic rings. The number of ether oxygens (including phenoxy) is 12. The summed E-state index contributed by atoms with van der Waals surface area (Å²) in [6, 6.07) is 35.3. The first kappa shape index (κ1) is 78.5. The molecular weight excluding hydrogens is 1490 g/mol. The summed E-state index contributed by atoms with van der Waals surface area (Å²) in [4.78, 5) is 28.7. The van der Waals surface area contributed by atoms with E-state index < -0.39 is 0 Å². The van der Waals surface area contributed by atoms with Crippen molar-refractivity contribution in [3.8, 4) is 69.0 Å². The summed E-state index contributed by atoms with van der Waals surface area (Å²) >= 11 is 0. The molecule has 0 spiro atoms. The minimum absolute atomic E-state index is 0.286. The number of aromatic nitrogens is 18. The first-order valence-electron chi connectivity index (χ1n) is 36.0. The van der Waals surface area contributed by atoms with Crippen molar-refractivity contribution in [3.05, 3.63) is 143 Å². The molecule has 0 saturated heterocycles. The first-order valence-corrected chi connectivity index (χ1v) is 36.0. The zero-order chi connectivity index (χ0) is 80.5. The molecule has 6 aliphatic heterocycles. The van der Waals surface area contributed by atoms with Gasteiger partial charge in [-0.25, -0.2) is 20.4 Å². The second kappa shape index (κ2) is 36.5. The first-order chi connectivity index (χ1) is 55.8. The number of hydrogen-bond donors (Lipinski definition) is 10. The SMILES string of the molecule is CN(C)c1n[nH]c(N(C)Cc2ccc3c(c2)OCO3)n1.CN(C)c1n[nH]c(NCc2ccc3c(c2)OCO3)n1.CN(C)c1nnc(NCc2ccc3c(c2)OCO3)n1C.CN(Cc1ccc2c(c1)OCO2)c1nnc(N)n1C.CNc1n[nH]c(NCc2ccc3c(c2)OCO3)n1.CNc1nc(N(C)Cc2ccc3c(c2)OCO3)n[nH]1. The van der Waals surface area contributed by atoms with E-state index in [1.54, 1.807) is 18.7 Å². The number of nitrogens with two attached hydrogens (primary N) is 1. The summed E-state index contributed by atoms with van der Waals surface area (Å²) in [5, 5.41) is 59.1. The Kier molecular flexibility index (Phi) is 24.9. The van der Waals surface area contributed by atoms with E-state index >= 15 is 0 Å². The number of nitrogens with zero attached hydrogens (tertiary/aromatic N) is 20. The number of aromatic amines is 4. The average molecular weight is 1580 g/mol. The van der Waals surface area contributed by atoms with E-state index in [1.807, 2.05) is 221 Å². The molecule has 0 radical (unpaired) electrons.